The number of aromatic nitrogens is 1. The maximum absolute atomic E-state index is 13.4. The predicted octanol–water partition coefficient (Wildman–Crippen LogP) is 6.18. The molecular formula is C35H32FN3O4. The molecule has 0 saturated carbocycles. The molecule has 1 aliphatic rings. The molecule has 0 aliphatic carbocycles. The van der Waals surface area contributed by atoms with E-state index in [0.717, 1.165) is 24.0 Å². The molecule has 1 N–H and O–H groups in total. The summed E-state index contributed by atoms with van der Waals surface area (Å²) in [7, 11) is 1.64. The minimum Gasteiger partial charge on any atom is -0.489 e. The fourth-order valence-corrected chi connectivity index (χ4v) is 4.55. The van der Waals surface area contributed by atoms with Crippen molar-refractivity contribution < 1.29 is 23.5 Å². The van der Waals surface area contributed by atoms with Crippen LogP contribution in [0.1, 0.15) is 41.9 Å². The van der Waals surface area contributed by atoms with E-state index in [-0.39, 0.29) is 29.4 Å². The van der Waals surface area contributed by atoms with Gasteiger partial charge in [-0.15, -0.1) is 0 Å². The van der Waals surface area contributed by atoms with E-state index in [1.165, 1.54) is 29.3 Å². The van der Waals surface area contributed by atoms with Crippen LogP contribution >= 0.6 is 0 Å². The largest absolute Gasteiger partial charge is 0.489 e. The lowest BCUT2D eigenvalue weighted by atomic mass is 9.86. The molecular weight excluding hydrogens is 545 g/mol. The van der Waals surface area contributed by atoms with Crippen molar-refractivity contribution in [3.63, 3.8) is 0 Å². The molecule has 0 saturated heterocycles. The first kappa shape index (κ1) is 29.3. The molecule has 0 fully saturated rings. The highest BCUT2D eigenvalue weighted by atomic mass is 19.1. The summed E-state index contributed by atoms with van der Waals surface area (Å²) < 4.78 is 25.0. The molecule has 2 amide bonds. The number of nitrogens with zero attached hydrogens (tertiary/aromatic N) is 2. The topological polar surface area (TPSA) is 80.8 Å². The Bertz CT molecular complexity index is 1680. The third kappa shape index (κ3) is 7.57. The molecule has 8 heteroatoms. The third-order valence-corrected chi connectivity index (χ3v) is 7.10. The Morgan fingerprint density at radius 1 is 1.07 bits per heavy atom. The highest BCUT2D eigenvalue weighted by Gasteiger charge is 2.31. The van der Waals surface area contributed by atoms with E-state index in [4.69, 9.17) is 9.47 Å². The van der Waals surface area contributed by atoms with Crippen molar-refractivity contribution in [2.24, 2.45) is 5.41 Å². The van der Waals surface area contributed by atoms with Gasteiger partial charge in [0.2, 0.25) is 0 Å². The summed E-state index contributed by atoms with van der Waals surface area (Å²) in [4.78, 5) is 32.1. The van der Waals surface area contributed by atoms with Gasteiger partial charge in [-0.2, -0.15) is 0 Å². The number of halogens is 1. The molecule has 1 atom stereocenters. The van der Waals surface area contributed by atoms with Gasteiger partial charge >= 0.3 is 0 Å². The maximum Gasteiger partial charge on any atom is 0.270 e. The number of carbonyl (C=O) groups is 2. The highest BCUT2D eigenvalue weighted by molar-refractivity contribution is 6.03. The Hall–Kier alpha value is -5.16. The Morgan fingerprint density at radius 3 is 2.60 bits per heavy atom. The smallest absolute Gasteiger partial charge is 0.270 e. The van der Waals surface area contributed by atoms with Crippen molar-refractivity contribution in [1.82, 2.24) is 10.3 Å². The molecule has 1 aliphatic heterocycles. The SMILES string of the molecule is CN1C(=O)[C@@H](NC(=O)c2cc(Oc3ccccc3)ccn2)COc2ccc(C#CC(C)(C)CCc3ccc(F)cc3)cc21. The van der Waals surface area contributed by atoms with Crippen LogP contribution in [0.5, 0.6) is 17.2 Å². The van der Waals surface area contributed by atoms with E-state index in [9.17, 15) is 14.0 Å². The fourth-order valence-electron chi connectivity index (χ4n) is 4.55. The number of aryl methyl sites for hydroxylation is 1. The van der Waals surface area contributed by atoms with Gasteiger partial charge in [-0.3, -0.25) is 14.6 Å². The van der Waals surface area contributed by atoms with Gasteiger partial charge in [0, 0.05) is 30.3 Å². The minimum absolute atomic E-state index is 0.0381. The molecule has 218 valence electrons. The minimum atomic E-state index is -0.926. The molecule has 7 nitrogen and oxygen atoms in total. The average Bonchev–Trinajstić information content (AvgIpc) is 3.12. The number of fused-ring (bicyclic) bond motifs is 1. The second kappa shape index (κ2) is 12.8. The van der Waals surface area contributed by atoms with Gasteiger partial charge in [0.15, 0.2) is 0 Å². The van der Waals surface area contributed by atoms with E-state index < -0.39 is 11.9 Å². The number of benzene rings is 3. The molecule has 5 rings (SSSR count). The standard InChI is InChI=1S/C35H32FN3O4/c1-35(2,18-15-24-9-12-26(36)13-10-24)19-16-25-11-14-32-31(21-25)39(3)34(41)30(23-42-32)38-33(40)29-22-28(17-20-37-29)43-27-7-5-4-6-8-27/h4-14,17,20-22,30H,15,18,23H2,1-3H3,(H,38,40)/t30-/m0/s1. The number of amides is 2. The Balaban J connectivity index is 1.24. The van der Waals surface area contributed by atoms with E-state index in [1.807, 2.05) is 42.5 Å². The van der Waals surface area contributed by atoms with Gasteiger partial charge in [-0.25, -0.2) is 4.39 Å². The van der Waals surface area contributed by atoms with Crippen LogP contribution in [0.25, 0.3) is 0 Å². The number of nitrogens with one attached hydrogen (secondary N) is 1. The number of para-hydroxylation sites is 1. The van der Waals surface area contributed by atoms with E-state index in [2.05, 4.69) is 36.0 Å². The van der Waals surface area contributed by atoms with Crippen molar-refractivity contribution >= 4 is 17.5 Å². The van der Waals surface area contributed by atoms with E-state index >= 15 is 0 Å². The lowest BCUT2D eigenvalue weighted by molar-refractivity contribution is -0.120. The Kier molecular flexibility index (Phi) is 8.72. The Labute approximate surface area is 250 Å². The highest BCUT2D eigenvalue weighted by Crippen LogP contribution is 2.32. The van der Waals surface area contributed by atoms with Crippen molar-refractivity contribution in [2.75, 3.05) is 18.6 Å². The lowest BCUT2D eigenvalue weighted by Gasteiger charge is -2.20. The first-order valence-electron chi connectivity index (χ1n) is 14.0. The zero-order valence-electron chi connectivity index (χ0n) is 24.3. The number of hydrogen-bond donors (Lipinski definition) is 1. The van der Waals surface area contributed by atoms with Gasteiger partial charge < -0.3 is 19.7 Å². The molecule has 3 aromatic carbocycles. The lowest BCUT2D eigenvalue weighted by Crippen LogP contribution is -2.49. The number of ether oxygens (including phenoxy) is 2. The van der Waals surface area contributed by atoms with Crippen LogP contribution in [0.15, 0.2) is 91.1 Å². The van der Waals surface area contributed by atoms with Gasteiger partial charge in [0.1, 0.15) is 41.4 Å². The van der Waals surface area contributed by atoms with Gasteiger partial charge in [0.25, 0.3) is 11.8 Å². The van der Waals surface area contributed by atoms with Crippen LogP contribution in [-0.2, 0) is 11.2 Å². The first-order chi connectivity index (χ1) is 20.7. The average molecular weight is 578 g/mol. The van der Waals surface area contributed by atoms with Gasteiger partial charge in [-0.05, 0) is 80.8 Å². The number of carbonyl (C=O) groups excluding carboxylic acids is 2. The summed E-state index contributed by atoms with van der Waals surface area (Å²) in [6.45, 7) is 4.10. The van der Waals surface area contributed by atoms with Gasteiger partial charge in [0.05, 0.1) is 5.69 Å². The van der Waals surface area contributed by atoms with Gasteiger partial charge in [-0.1, -0.05) is 42.2 Å². The van der Waals surface area contributed by atoms with Crippen molar-refractivity contribution in [2.45, 2.75) is 32.7 Å². The van der Waals surface area contributed by atoms with Crippen LogP contribution in [0.2, 0.25) is 0 Å². The Morgan fingerprint density at radius 2 is 1.84 bits per heavy atom. The van der Waals surface area contributed by atoms with Crippen LogP contribution in [0.4, 0.5) is 10.1 Å². The monoisotopic (exact) mass is 577 g/mol. The van der Waals surface area contributed by atoms with E-state index in [0.29, 0.717) is 22.9 Å². The molecule has 0 spiro atoms. The summed E-state index contributed by atoms with van der Waals surface area (Å²) >= 11 is 0. The maximum atomic E-state index is 13.4. The second-order valence-corrected chi connectivity index (χ2v) is 11.0. The normalized spacial score (nSPS) is 14.5. The number of rotatable bonds is 7. The fraction of sp³-hybridized carbons (Fsp3) is 0.229. The van der Waals surface area contributed by atoms with Crippen molar-refractivity contribution in [3.05, 3.63) is 114 Å². The number of anilines is 1. The third-order valence-electron chi connectivity index (χ3n) is 7.10. The molecule has 2 heterocycles. The summed E-state index contributed by atoms with van der Waals surface area (Å²) in [5, 5.41) is 2.75. The van der Waals surface area contributed by atoms with Crippen LogP contribution in [0, 0.1) is 23.1 Å². The number of pyridine rings is 1. The zero-order valence-corrected chi connectivity index (χ0v) is 24.3. The molecule has 0 radical (unpaired) electrons. The number of hydrogen-bond acceptors (Lipinski definition) is 5. The van der Waals surface area contributed by atoms with Crippen LogP contribution in [0.3, 0.4) is 0 Å². The number of likely N-dealkylation sites (N-methyl/N-ethyl adjacent to an activating group) is 1. The second-order valence-electron chi connectivity index (χ2n) is 11.0. The predicted molar refractivity (Wildman–Crippen MR) is 163 cm³/mol. The first-order valence-corrected chi connectivity index (χ1v) is 14.0. The quantitative estimate of drug-likeness (QED) is 0.266. The zero-order chi connectivity index (χ0) is 30.4. The molecule has 4 aromatic rings. The molecule has 0 bridgehead atoms. The molecule has 1 aromatic heterocycles. The summed E-state index contributed by atoms with van der Waals surface area (Å²) in [5.74, 6) is 7.07. The van der Waals surface area contributed by atoms with Crippen molar-refractivity contribution in [3.8, 4) is 29.1 Å². The van der Waals surface area contributed by atoms with Crippen LogP contribution in [-0.4, -0.2) is 36.5 Å². The van der Waals surface area contributed by atoms with Crippen LogP contribution < -0.4 is 19.7 Å². The molecule has 43 heavy (non-hydrogen) atoms. The van der Waals surface area contributed by atoms with E-state index in [1.54, 1.807) is 31.3 Å². The summed E-state index contributed by atoms with van der Waals surface area (Å²) in [6, 6.07) is 23.4. The summed E-state index contributed by atoms with van der Waals surface area (Å²) in [6.07, 6.45) is 3.06. The molecule has 0 unspecified atom stereocenters. The summed E-state index contributed by atoms with van der Waals surface area (Å²) in [5.41, 5.74) is 2.19. The van der Waals surface area contributed by atoms with Crippen molar-refractivity contribution in [1.29, 1.82) is 0 Å².